The molecule has 27 heavy (non-hydrogen) atoms. The summed E-state index contributed by atoms with van der Waals surface area (Å²) in [7, 11) is 0. The van der Waals surface area contributed by atoms with Gasteiger partial charge in [-0.05, 0) is 36.2 Å². The number of hydrogen-bond donors (Lipinski definition) is 1. The molecule has 0 radical (unpaired) electrons. The Hall–Kier alpha value is -2.91. The second kappa shape index (κ2) is 7.01. The van der Waals surface area contributed by atoms with E-state index in [0.29, 0.717) is 25.3 Å². The summed E-state index contributed by atoms with van der Waals surface area (Å²) in [6, 6.07) is 8.98. The van der Waals surface area contributed by atoms with Crippen molar-refractivity contribution in [2.75, 3.05) is 19.7 Å². The highest BCUT2D eigenvalue weighted by Gasteiger charge is 2.38. The topological polar surface area (TPSA) is 49.8 Å². The Bertz CT molecular complexity index is 937. The number of nitrogens with zero attached hydrogens (tertiary/aromatic N) is 1. The number of carbonyl (C=O) groups is 1. The third-order valence-corrected chi connectivity index (χ3v) is 4.94. The molecular weight excluding hydrogens is 352 g/mol. The predicted octanol–water partition coefficient (Wildman–Crippen LogP) is 2.68. The number of aliphatic carboxylic acids is 1. The van der Waals surface area contributed by atoms with E-state index in [2.05, 4.69) is 16.7 Å². The molecule has 0 saturated carbocycles. The third kappa shape index (κ3) is 3.79. The molecule has 1 atom stereocenters. The van der Waals surface area contributed by atoms with E-state index in [1.165, 1.54) is 12.1 Å². The van der Waals surface area contributed by atoms with Crippen molar-refractivity contribution in [2.45, 2.75) is 12.5 Å². The van der Waals surface area contributed by atoms with Crippen molar-refractivity contribution in [3.8, 4) is 17.6 Å². The summed E-state index contributed by atoms with van der Waals surface area (Å²) in [5.41, 5.74) is 2.02. The van der Waals surface area contributed by atoms with Crippen molar-refractivity contribution >= 4 is 5.97 Å². The van der Waals surface area contributed by atoms with Crippen LogP contribution in [-0.4, -0.2) is 41.7 Å². The number of ether oxygens (including phenoxy) is 1. The van der Waals surface area contributed by atoms with Gasteiger partial charge in [-0.25, -0.2) is 8.78 Å². The molecule has 0 aromatic heterocycles. The lowest BCUT2D eigenvalue weighted by Crippen LogP contribution is -2.57. The highest BCUT2D eigenvalue weighted by molar-refractivity contribution is 5.71. The number of fused-ring (bicyclic) bond motifs is 1. The van der Waals surface area contributed by atoms with Gasteiger partial charge in [-0.3, -0.25) is 9.69 Å². The molecule has 2 aliphatic heterocycles. The van der Waals surface area contributed by atoms with Crippen molar-refractivity contribution in [2.24, 2.45) is 5.92 Å². The minimum absolute atomic E-state index is 0.181. The first-order chi connectivity index (χ1) is 13.0. The average molecular weight is 369 g/mol. The van der Waals surface area contributed by atoms with Crippen LogP contribution in [0.3, 0.4) is 0 Å². The normalized spacial score (nSPS) is 19.3. The van der Waals surface area contributed by atoms with Crippen LogP contribution in [-0.2, 0) is 11.2 Å². The van der Waals surface area contributed by atoms with Gasteiger partial charge < -0.3 is 9.84 Å². The van der Waals surface area contributed by atoms with Gasteiger partial charge in [0.2, 0.25) is 0 Å². The zero-order valence-electron chi connectivity index (χ0n) is 14.4. The number of hydrogen-bond acceptors (Lipinski definition) is 3. The van der Waals surface area contributed by atoms with Gasteiger partial charge in [0.05, 0.1) is 5.92 Å². The lowest BCUT2D eigenvalue weighted by molar-refractivity contribution is -0.149. The predicted molar refractivity (Wildman–Crippen MR) is 94.5 cm³/mol. The molecule has 1 saturated heterocycles. The summed E-state index contributed by atoms with van der Waals surface area (Å²) in [5, 5.41) is 8.99. The average Bonchev–Trinajstić information content (AvgIpc) is 2.57. The Labute approximate surface area is 155 Å². The fourth-order valence-electron chi connectivity index (χ4n) is 3.41. The first-order valence-corrected chi connectivity index (χ1v) is 8.68. The minimum atomic E-state index is -0.746. The van der Waals surface area contributed by atoms with E-state index in [-0.39, 0.29) is 17.5 Å². The van der Waals surface area contributed by atoms with Crippen molar-refractivity contribution in [1.82, 2.24) is 4.90 Å². The highest BCUT2D eigenvalue weighted by Crippen LogP contribution is 2.30. The molecule has 0 amide bonds. The van der Waals surface area contributed by atoms with Crippen molar-refractivity contribution in [3.63, 3.8) is 0 Å². The van der Waals surface area contributed by atoms with Crippen LogP contribution in [0.4, 0.5) is 8.78 Å². The lowest BCUT2D eigenvalue weighted by atomic mass is 9.93. The molecule has 4 nitrogen and oxygen atoms in total. The first kappa shape index (κ1) is 17.5. The van der Waals surface area contributed by atoms with Crippen LogP contribution in [0.15, 0.2) is 36.4 Å². The second-order valence-corrected chi connectivity index (χ2v) is 6.89. The van der Waals surface area contributed by atoms with Crippen LogP contribution in [0.1, 0.15) is 16.7 Å². The van der Waals surface area contributed by atoms with Crippen LogP contribution in [0.5, 0.6) is 5.75 Å². The zero-order valence-corrected chi connectivity index (χ0v) is 14.4. The maximum absolute atomic E-state index is 13.2. The molecule has 0 aliphatic carbocycles. The van der Waals surface area contributed by atoms with Gasteiger partial charge in [0.25, 0.3) is 0 Å². The van der Waals surface area contributed by atoms with Gasteiger partial charge in [-0.1, -0.05) is 17.9 Å². The van der Waals surface area contributed by atoms with Crippen LogP contribution in [0.2, 0.25) is 0 Å². The van der Waals surface area contributed by atoms with E-state index in [0.717, 1.165) is 23.8 Å². The fraction of sp³-hybridized carbons (Fsp3) is 0.286. The monoisotopic (exact) mass is 369 g/mol. The van der Waals surface area contributed by atoms with E-state index in [9.17, 15) is 13.6 Å². The molecule has 138 valence electrons. The van der Waals surface area contributed by atoms with E-state index < -0.39 is 17.6 Å². The van der Waals surface area contributed by atoms with Crippen LogP contribution < -0.4 is 4.74 Å². The fourth-order valence-corrected chi connectivity index (χ4v) is 3.41. The maximum atomic E-state index is 13.2. The van der Waals surface area contributed by atoms with Gasteiger partial charge in [0.1, 0.15) is 24.0 Å². The first-order valence-electron chi connectivity index (χ1n) is 8.68. The largest absolute Gasteiger partial charge is 0.492 e. The number of carboxylic acid groups (broad SMARTS) is 1. The number of rotatable bonds is 2. The SMILES string of the molecule is O=C(O)C1CN(C2COc3cc(C#Cc4cc(F)cc(F)c4)ccc3C2)C1. The summed E-state index contributed by atoms with van der Waals surface area (Å²) in [4.78, 5) is 13.1. The van der Waals surface area contributed by atoms with Gasteiger partial charge in [-0.15, -0.1) is 0 Å². The summed E-state index contributed by atoms with van der Waals surface area (Å²) >= 11 is 0. The van der Waals surface area contributed by atoms with Gasteiger partial charge in [0, 0.05) is 36.3 Å². The Morgan fingerprint density at radius 3 is 2.48 bits per heavy atom. The molecule has 6 heteroatoms. The number of benzene rings is 2. The van der Waals surface area contributed by atoms with Crippen molar-refractivity contribution < 1.29 is 23.4 Å². The summed E-state index contributed by atoms with van der Waals surface area (Å²) in [5.74, 6) is 4.07. The molecule has 2 heterocycles. The van der Waals surface area contributed by atoms with E-state index in [4.69, 9.17) is 9.84 Å². The molecule has 4 rings (SSSR count). The molecule has 0 bridgehead atoms. The van der Waals surface area contributed by atoms with Crippen LogP contribution in [0.25, 0.3) is 0 Å². The maximum Gasteiger partial charge on any atom is 0.309 e. The van der Waals surface area contributed by atoms with Gasteiger partial charge in [-0.2, -0.15) is 0 Å². The number of halogens is 2. The Balaban J connectivity index is 1.45. The number of carboxylic acids is 1. The summed E-state index contributed by atoms with van der Waals surface area (Å²) < 4.78 is 32.3. The number of likely N-dealkylation sites (tertiary alicyclic amines) is 1. The Kier molecular flexibility index (Phi) is 4.54. The molecule has 0 spiro atoms. The van der Waals surface area contributed by atoms with Crippen molar-refractivity contribution in [1.29, 1.82) is 0 Å². The molecular formula is C21H17F2NO3. The standard InChI is InChI=1S/C21H17F2NO3/c22-17-5-14(6-18(23)9-17)2-1-13-3-4-15-8-19(12-27-20(15)7-13)24-10-16(11-24)21(25)26/h3-7,9,16,19H,8,10-12H2,(H,25,26). The third-order valence-electron chi connectivity index (χ3n) is 4.94. The molecule has 2 aromatic carbocycles. The van der Waals surface area contributed by atoms with E-state index in [1.54, 1.807) is 0 Å². The minimum Gasteiger partial charge on any atom is -0.492 e. The summed E-state index contributed by atoms with van der Waals surface area (Å²) in [6.07, 6.45) is 0.796. The van der Waals surface area contributed by atoms with E-state index >= 15 is 0 Å². The van der Waals surface area contributed by atoms with E-state index in [1.807, 2.05) is 18.2 Å². The van der Waals surface area contributed by atoms with Gasteiger partial charge in [0.15, 0.2) is 0 Å². The quantitative estimate of drug-likeness (QED) is 0.827. The second-order valence-electron chi connectivity index (χ2n) is 6.89. The van der Waals surface area contributed by atoms with Crippen LogP contribution in [0, 0.1) is 29.4 Å². The molecule has 2 aliphatic rings. The smallest absolute Gasteiger partial charge is 0.309 e. The highest BCUT2D eigenvalue weighted by atomic mass is 19.1. The molecule has 1 unspecified atom stereocenters. The Morgan fingerprint density at radius 1 is 1.07 bits per heavy atom. The Morgan fingerprint density at radius 2 is 1.78 bits per heavy atom. The zero-order chi connectivity index (χ0) is 19.0. The van der Waals surface area contributed by atoms with Crippen molar-refractivity contribution in [3.05, 3.63) is 64.7 Å². The summed E-state index contributed by atoms with van der Waals surface area (Å²) in [6.45, 7) is 1.63. The lowest BCUT2D eigenvalue weighted by Gasteiger charge is -2.43. The molecule has 1 N–H and O–H groups in total. The van der Waals surface area contributed by atoms with Crippen LogP contribution >= 0.6 is 0 Å². The molecule has 2 aromatic rings. The van der Waals surface area contributed by atoms with Gasteiger partial charge >= 0.3 is 5.97 Å². The molecule has 1 fully saturated rings.